The van der Waals surface area contributed by atoms with Crippen LogP contribution < -0.4 is 10.6 Å². The first-order valence-corrected chi connectivity index (χ1v) is 13.0. The molecule has 0 fully saturated rings. The summed E-state index contributed by atoms with van der Waals surface area (Å²) in [5.74, 6) is -2.77. The Morgan fingerprint density at radius 2 is 1.22 bits per heavy atom. The van der Waals surface area contributed by atoms with Gasteiger partial charge < -0.3 is 25.1 Å². The first-order valence-electron chi connectivity index (χ1n) is 13.0. The van der Waals surface area contributed by atoms with Crippen molar-refractivity contribution in [3.63, 3.8) is 0 Å². The topological polar surface area (TPSA) is 139 Å². The van der Waals surface area contributed by atoms with Crippen LogP contribution in [0.3, 0.4) is 0 Å². The number of amides is 2. The zero-order chi connectivity index (χ0) is 29.0. The molecule has 3 N–H and O–H groups in total. The van der Waals surface area contributed by atoms with Crippen molar-refractivity contribution in [2.45, 2.75) is 38.6 Å². The smallest absolute Gasteiger partial charge is 0.329 e. The SMILES string of the molecule is C[C@H](NC(=O)c1nc[nH]c1C(=O)N[C@@H](Cc1ccccc1)C(=O)OCc1ccccc1)C(=O)OCc1ccccc1. The van der Waals surface area contributed by atoms with E-state index in [4.69, 9.17) is 9.47 Å². The van der Waals surface area contributed by atoms with Crippen LogP contribution in [0.2, 0.25) is 0 Å². The summed E-state index contributed by atoms with van der Waals surface area (Å²) in [6.07, 6.45) is 1.35. The number of hydrogen-bond acceptors (Lipinski definition) is 7. The van der Waals surface area contributed by atoms with E-state index in [0.29, 0.717) is 0 Å². The van der Waals surface area contributed by atoms with Gasteiger partial charge >= 0.3 is 11.9 Å². The van der Waals surface area contributed by atoms with E-state index in [1.807, 2.05) is 91.0 Å². The minimum absolute atomic E-state index is 0.0385. The lowest BCUT2D eigenvalue weighted by Crippen LogP contribution is -2.44. The molecule has 0 spiro atoms. The minimum atomic E-state index is -1.04. The molecule has 3 aromatic carbocycles. The molecule has 0 unspecified atom stereocenters. The second-order valence-electron chi connectivity index (χ2n) is 9.22. The summed E-state index contributed by atoms with van der Waals surface area (Å²) in [4.78, 5) is 58.2. The highest BCUT2D eigenvalue weighted by molar-refractivity contribution is 6.06. The summed E-state index contributed by atoms with van der Waals surface area (Å²) in [6, 6.07) is 25.4. The summed E-state index contributed by atoms with van der Waals surface area (Å²) in [7, 11) is 0. The summed E-state index contributed by atoms with van der Waals surface area (Å²) in [6.45, 7) is 1.56. The molecule has 1 aromatic heterocycles. The largest absolute Gasteiger partial charge is 0.459 e. The predicted molar refractivity (Wildman–Crippen MR) is 149 cm³/mol. The van der Waals surface area contributed by atoms with Gasteiger partial charge in [-0.05, 0) is 23.6 Å². The van der Waals surface area contributed by atoms with Gasteiger partial charge in [-0.2, -0.15) is 0 Å². The summed E-state index contributed by atoms with van der Waals surface area (Å²) < 4.78 is 10.7. The molecule has 210 valence electrons. The van der Waals surface area contributed by atoms with Gasteiger partial charge in [0.15, 0.2) is 5.69 Å². The van der Waals surface area contributed by atoms with E-state index in [1.54, 1.807) is 0 Å². The number of aromatic amines is 1. The summed E-state index contributed by atoms with van der Waals surface area (Å²) in [5, 5.41) is 5.16. The number of hydrogen-bond donors (Lipinski definition) is 3. The van der Waals surface area contributed by atoms with Gasteiger partial charge in [0.1, 0.15) is 31.0 Å². The fourth-order valence-corrected chi connectivity index (χ4v) is 3.92. The average molecular weight is 555 g/mol. The number of ether oxygens (including phenoxy) is 2. The van der Waals surface area contributed by atoms with Crippen LogP contribution in [0.25, 0.3) is 0 Å². The van der Waals surface area contributed by atoms with Gasteiger partial charge in [-0.25, -0.2) is 14.6 Å². The van der Waals surface area contributed by atoms with Crippen LogP contribution in [0, 0.1) is 0 Å². The van der Waals surface area contributed by atoms with Crippen molar-refractivity contribution in [2.75, 3.05) is 0 Å². The van der Waals surface area contributed by atoms with Crippen molar-refractivity contribution in [2.24, 2.45) is 0 Å². The summed E-state index contributed by atoms with van der Waals surface area (Å²) >= 11 is 0. The Balaban J connectivity index is 1.40. The molecular weight excluding hydrogens is 524 g/mol. The third-order valence-corrected chi connectivity index (χ3v) is 6.10. The van der Waals surface area contributed by atoms with Gasteiger partial charge in [0.25, 0.3) is 11.8 Å². The number of nitrogens with one attached hydrogen (secondary N) is 3. The lowest BCUT2D eigenvalue weighted by Gasteiger charge is -2.18. The van der Waals surface area contributed by atoms with Gasteiger partial charge in [-0.15, -0.1) is 0 Å². The Hall–Kier alpha value is -5.25. The van der Waals surface area contributed by atoms with E-state index in [-0.39, 0.29) is 31.0 Å². The first-order chi connectivity index (χ1) is 19.9. The number of carbonyl (C=O) groups is 4. The van der Waals surface area contributed by atoms with Crippen molar-refractivity contribution < 1.29 is 28.7 Å². The number of esters is 2. The van der Waals surface area contributed by atoms with E-state index in [1.165, 1.54) is 13.3 Å². The molecule has 4 rings (SSSR count). The second kappa shape index (κ2) is 14.2. The highest BCUT2D eigenvalue weighted by atomic mass is 16.5. The molecule has 10 nitrogen and oxygen atoms in total. The van der Waals surface area contributed by atoms with E-state index < -0.39 is 35.8 Å². The molecule has 0 saturated heterocycles. The Bertz CT molecular complexity index is 1460. The standard InChI is InChI=1S/C31H30N4O6/c1-21(30(38)40-18-23-13-7-3-8-14-23)34-28(36)26-27(33-20-32-26)29(37)35-25(17-22-11-5-2-6-12-22)31(39)41-19-24-15-9-4-10-16-24/h2-16,20-21,25H,17-19H2,1H3,(H,32,33)(H,34,36)(H,35,37)/t21-,25-/m0/s1. The maximum Gasteiger partial charge on any atom is 0.329 e. The van der Waals surface area contributed by atoms with Gasteiger partial charge in [0.2, 0.25) is 0 Å². The normalized spacial score (nSPS) is 12.0. The number of rotatable bonds is 12. The lowest BCUT2D eigenvalue weighted by molar-refractivity contribution is -0.147. The van der Waals surface area contributed by atoms with Crippen LogP contribution in [-0.4, -0.2) is 45.8 Å². The lowest BCUT2D eigenvalue weighted by atomic mass is 10.1. The van der Waals surface area contributed by atoms with Gasteiger partial charge in [-0.3, -0.25) is 9.59 Å². The predicted octanol–water partition coefficient (Wildman–Crippen LogP) is 3.36. The molecule has 2 amide bonds. The van der Waals surface area contributed by atoms with E-state index in [2.05, 4.69) is 20.6 Å². The Morgan fingerprint density at radius 3 is 1.78 bits per heavy atom. The van der Waals surface area contributed by atoms with Crippen molar-refractivity contribution in [3.05, 3.63) is 125 Å². The molecule has 41 heavy (non-hydrogen) atoms. The Morgan fingerprint density at radius 1 is 0.707 bits per heavy atom. The number of nitrogens with zero attached hydrogens (tertiary/aromatic N) is 1. The van der Waals surface area contributed by atoms with Crippen LogP contribution in [0.1, 0.15) is 44.6 Å². The number of imidazole rings is 1. The Labute approximate surface area is 237 Å². The van der Waals surface area contributed by atoms with Crippen LogP contribution in [0.15, 0.2) is 97.3 Å². The van der Waals surface area contributed by atoms with Crippen molar-refractivity contribution >= 4 is 23.8 Å². The van der Waals surface area contributed by atoms with Crippen LogP contribution in [0.4, 0.5) is 0 Å². The summed E-state index contributed by atoms with van der Waals surface area (Å²) in [5.41, 5.74) is 2.01. The molecular formula is C31H30N4O6. The number of aromatic nitrogens is 2. The fraction of sp³-hybridized carbons (Fsp3) is 0.194. The fourth-order valence-electron chi connectivity index (χ4n) is 3.92. The van der Waals surface area contributed by atoms with Crippen molar-refractivity contribution in [1.82, 2.24) is 20.6 Å². The van der Waals surface area contributed by atoms with Crippen molar-refractivity contribution in [1.29, 1.82) is 0 Å². The second-order valence-corrected chi connectivity index (χ2v) is 9.22. The number of benzene rings is 3. The molecule has 10 heteroatoms. The van der Waals surface area contributed by atoms with E-state index in [9.17, 15) is 19.2 Å². The van der Waals surface area contributed by atoms with E-state index in [0.717, 1.165) is 16.7 Å². The third-order valence-electron chi connectivity index (χ3n) is 6.10. The van der Waals surface area contributed by atoms with Crippen LogP contribution >= 0.6 is 0 Å². The highest BCUT2D eigenvalue weighted by Gasteiger charge is 2.28. The molecule has 2 atom stereocenters. The number of carbonyl (C=O) groups excluding carboxylic acids is 4. The van der Waals surface area contributed by atoms with E-state index >= 15 is 0 Å². The van der Waals surface area contributed by atoms with Gasteiger partial charge in [0.05, 0.1) is 6.33 Å². The first kappa shape index (κ1) is 28.8. The van der Waals surface area contributed by atoms with Gasteiger partial charge in [0, 0.05) is 6.42 Å². The maximum atomic E-state index is 13.2. The third kappa shape index (κ3) is 8.37. The number of H-pyrrole nitrogens is 1. The molecule has 0 aliphatic heterocycles. The monoisotopic (exact) mass is 554 g/mol. The average Bonchev–Trinajstić information content (AvgIpc) is 3.50. The van der Waals surface area contributed by atoms with Gasteiger partial charge in [-0.1, -0.05) is 91.0 Å². The highest BCUT2D eigenvalue weighted by Crippen LogP contribution is 2.10. The minimum Gasteiger partial charge on any atom is -0.459 e. The van der Waals surface area contributed by atoms with Crippen LogP contribution in [-0.2, 0) is 38.7 Å². The Kier molecular flexibility index (Phi) is 9.98. The zero-order valence-electron chi connectivity index (χ0n) is 22.4. The van der Waals surface area contributed by atoms with Crippen molar-refractivity contribution in [3.8, 4) is 0 Å². The molecule has 4 aromatic rings. The molecule has 0 aliphatic carbocycles. The molecule has 0 bridgehead atoms. The molecule has 1 heterocycles. The molecule has 0 radical (unpaired) electrons. The van der Waals surface area contributed by atoms with Crippen LogP contribution in [0.5, 0.6) is 0 Å². The zero-order valence-corrected chi connectivity index (χ0v) is 22.4. The quantitative estimate of drug-likeness (QED) is 0.228. The maximum absolute atomic E-state index is 13.2. The molecule has 0 aliphatic rings. The molecule has 0 saturated carbocycles.